The summed E-state index contributed by atoms with van der Waals surface area (Å²) in [5.74, 6) is 0.729. The minimum absolute atomic E-state index is 0.221. The van der Waals surface area contributed by atoms with Gasteiger partial charge in [0.25, 0.3) is 0 Å². The van der Waals surface area contributed by atoms with Crippen molar-refractivity contribution in [3.63, 3.8) is 0 Å². The van der Waals surface area contributed by atoms with Gasteiger partial charge in [-0.25, -0.2) is 4.39 Å². The van der Waals surface area contributed by atoms with Crippen molar-refractivity contribution in [1.82, 2.24) is 10.2 Å². The van der Waals surface area contributed by atoms with E-state index in [0.717, 1.165) is 37.6 Å². The average molecular weight is 300 g/mol. The van der Waals surface area contributed by atoms with Crippen molar-refractivity contribution in [3.8, 4) is 0 Å². The van der Waals surface area contributed by atoms with Crippen molar-refractivity contribution in [3.05, 3.63) is 34.1 Å². The fourth-order valence-electron chi connectivity index (χ4n) is 1.74. The number of hydrogen-bond acceptors (Lipinski definition) is 3. The third-order valence-electron chi connectivity index (χ3n) is 2.74. The van der Waals surface area contributed by atoms with E-state index in [1.165, 1.54) is 6.07 Å². The molecular formula is C12H15BrFN3. The molecule has 0 spiro atoms. The van der Waals surface area contributed by atoms with Crippen LogP contribution in [-0.4, -0.2) is 37.5 Å². The maximum atomic E-state index is 13.0. The number of guanidine groups is 1. The number of likely N-dealkylation sites (N-methyl/N-ethyl adjacent to an activating group) is 1. The van der Waals surface area contributed by atoms with Gasteiger partial charge in [0, 0.05) is 20.1 Å². The standard InChI is InChI=1S/C12H15BrFN3/c1-17-7-6-16-12(17)15-5-4-9-2-3-11(14)10(13)8-9/h2-3,8H,4-7H2,1H3,(H,15,16). The highest BCUT2D eigenvalue weighted by Gasteiger charge is 2.10. The number of halogens is 2. The highest BCUT2D eigenvalue weighted by Crippen LogP contribution is 2.16. The van der Waals surface area contributed by atoms with E-state index < -0.39 is 0 Å². The Hall–Kier alpha value is -1.10. The molecule has 3 nitrogen and oxygen atoms in total. The van der Waals surface area contributed by atoms with Gasteiger partial charge in [-0.15, -0.1) is 0 Å². The van der Waals surface area contributed by atoms with Crippen LogP contribution in [0.4, 0.5) is 4.39 Å². The summed E-state index contributed by atoms with van der Waals surface area (Å²) in [5, 5.41) is 3.28. The van der Waals surface area contributed by atoms with E-state index in [4.69, 9.17) is 0 Å². The van der Waals surface area contributed by atoms with Crippen LogP contribution in [0.15, 0.2) is 27.7 Å². The second kappa shape index (κ2) is 5.49. The normalized spacial score (nSPS) is 15.0. The molecule has 1 aliphatic rings. The molecule has 0 bridgehead atoms. The summed E-state index contributed by atoms with van der Waals surface area (Å²) in [5.41, 5.74) is 1.10. The van der Waals surface area contributed by atoms with Crippen LogP contribution < -0.4 is 5.32 Å². The maximum Gasteiger partial charge on any atom is 0.193 e. The van der Waals surface area contributed by atoms with Gasteiger partial charge in [0.1, 0.15) is 5.82 Å². The third kappa shape index (κ3) is 3.19. The van der Waals surface area contributed by atoms with E-state index in [2.05, 4.69) is 31.1 Å². The summed E-state index contributed by atoms with van der Waals surface area (Å²) < 4.78 is 13.5. The number of nitrogens with zero attached hydrogens (tertiary/aromatic N) is 2. The van der Waals surface area contributed by atoms with E-state index in [1.54, 1.807) is 0 Å². The highest BCUT2D eigenvalue weighted by molar-refractivity contribution is 9.10. The molecular weight excluding hydrogens is 285 g/mol. The van der Waals surface area contributed by atoms with Crippen LogP contribution in [0.5, 0.6) is 0 Å². The van der Waals surface area contributed by atoms with Gasteiger partial charge in [0.05, 0.1) is 11.0 Å². The zero-order valence-corrected chi connectivity index (χ0v) is 11.3. The van der Waals surface area contributed by atoms with Gasteiger partial charge in [-0.1, -0.05) is 6.07 Å². The summed E-state index contributed by atoms with van der Waals surface area (Å²) in [4.78, 5) is 6.44. The molecule has 1 N–H and O–H groups in total. The van der Waals surface area contributed by atoms with Gasteiger partial charge >= 0.3 is 0 Å². The summed E-state index contributed by atoms with van der Waals surface area (Å²) >= 11 is 3.19. The van der Waals surface area contributed by atoms with Crippen molar-refractivity contribution in [2.24, 2.45) is 4.99 Å². The van der Waals surface area contributed by atoms with Crippen LogP contribution in [0.3, 0.4) is 0 Å². The number of aliphatic imine (C=N–C) groups is 1. The Kier molecular flexibility index (Phi) is 3.99. The molecule has 2 rings (SSSR count). The topological polar surface area (TPSA) is 27.6 Å². The van der Waals surface area contributed by atoms with E-state index in [0.29, 0.717) is 4.47 Å². The molecule has 92 valence electrons. The van der Waals surface area contributed by atoms with Gasteiger partial charge in [0.15, 0.2) is 5.96 Å². The van der Waals surface area contributed by atoms with E-state index in [-0.39, 0.29) is 5.82 Å². The molecule has 0 aromatic heterocycles. The van der Waals surface area contributed by atoms with E-state index >= 15 is 0 Å². The second-order valence-electron chi connectivity index (χ2n) is 4.05. The first kappa shape index (κ1) is 12.4. The minimum atomic E-state index is -0.221. The molecule has 0 saturated carbocycles. The lowest BCUT2D eigenvalue weighted by Gasteiger charge is -2.15. The molecule has 0 amide bonds. The predicted molar refractivity (Wildman–Crippen MR) is 70.7 cm³/mol. The molecule has 0 aliphatic carbocycles. The molecule has 0 fully saturated rings. The Morgan fingerprint density at radius 1 is 1.53 bits per heavy atom. The van der Waals surface area contributed by atoms with Crippen LogP contribution >= 0.6 is 15.9 Å². The average Bonchev–Trinajstić information content (AvgIpc) is 2.70. The lowest BCUT2D eigenvalue weighted by atomic mass is 10.1. The first-order valence-electron chi connectivity index (χ1n) is 5.60. The number of rotatable bonds is 3. The Bertz CT molecular complexity index is 434. The lowest BCUT2D eigenvalue weighted by Crippen LogP contribution is -2.36. The smallest absolute Gasteiger partial charge is 0.193 e. The lowest BCUT2D eigenvalue weighted by molar-refractivity contribution is 0.534. The van der Waals surface area contributed by atoms with Crippen molar-refractivity contribution in [2.45, 2.75) is 6.42 Å². The molecule has 0 atom stereocenters. The first-order chi connectivity index (χ1) is 8.16. The Labute approximate surface area is 109 Å². The number of hydrogen-bond donors (Lipinski definition) is 1. The van der Waals surface area contributed by atoms with Crippen molar-refractivity contribution in [1.29, 1.82) is 0 Å². The summed E-state index contributed by atoms with van der Waals surface area (Å²) in [6.45, 7) is 2.65. The van der Waals surface area contributed by atoms with Gasteiger partial charge < -0.3 is 10.2 Å². The summed E-state index contributed by atoms with van der Waals surface area (Å²) in [7, 11) is 2.02. The fourth-order valence-corrected chi connectivity index (χ4v) is 2.16. The minimum Gasteiger partial charge on any atom is -0.356 e. The zero-order valence-electron chi connectivity index (χ0n) is 9.71. The molecule has 17 heavy (non-hydrogen) atoms. The zero-order chi connectivity index (χ0) is 12.3. The van der Waals surface area contributed by atoms with Crippen LogP contribution in [0.1, 0.15) is 5.56 Å². The quantitative estimate of drug-likeness (QED) is 0.925. The number of nitrogens with one attached hydrogen (secondary N) is 1. The molecule has 1 heterocycles. The van der Waals surface area contributed by atoms with Gasteiger partial charge in [-0.05, 0) is 40.0 Å². The highest BCUT2D eigenvalue weighted by atomic mass is 79.9. The van der Waals surface area contributed by atoms with E-state index in [1.807, 2.05) is 19.2 Å². The van der Waals surface area contributed by atoms with Crippen molar-refractivity contribution < 1.29 is 4.39 Å². The Morgan fingerprint density at radius 3 is 3.00 bits per heavy atom. The number of benzene rings is 1. The molecule has 5 heteroatoms. The molecule has 1 aromatic carbocycles. The van der Waals surface area contributed by atoms with Gasteiger partial charge in [0.2, 0.25) is 0 Å². The van der Waals surface area contributed by atoms with E-state index in [9.17, 15) is 4.39 Å². The third-order valence-corrected chi connectivity index (χ3v) is 3.35. The maximum absolute atomic E-state index is 13.0. The molecule has 0 saturated heterocycles. The largest absolute Gasteiger partial charge is 0.356 e. The summed E-state index contributed by atoms with van der Waals surface area (Å²) in [6.07, 6.45) is 0.853. The molecule has 1 aromatic rings. The predicted octanol–water partition coefficient (Wildman–Crippen LogP) is 2.02. The molecule has 0 radical (unpaired) electrons. The fraction of sp³-hybridized carbons (Fsp3) is 0.417. The van der Waals surface area contributed by atoms with Crippen LogP contribution in [0, 0.1) is 5.82 Å². The van der Waals surface area contributed by atoms with Crippen LogP contribution in [0.25, 0.3) is 0 Å². The first-order valence-corrected chi connectivity index (χ1v) is 6.39. The van der Waals surface area contributed by atoms with Crippen molar-refractivity contribution >= 4 is 21.9 Å². The Morgan fingerprint density at radius 2 is 2.35 bits per heavy atom. The second-order valence-corrected chi connectivity index (χ2v) is 4.91. The van der Waals surface area contributed by atoms with Crippen molar-refractivity contribution in [2.75, 3.05) is 26.7 Å². The van der Waals surface area contributed by atoms with Crippen LogP contribution in [-0.2, 0) is 6.42 Å². The van der Waals surface area contributed by atoms with Gasteiger partial charge in [-0.3, -0.25) is 4.99 Å². The summed E-state index contributed by atoms with van der Waals surface area (Å²) in [6, 6.07) is 5.11. The monoisotopic (exact) mass is 299 g/mol. The van der Waals surface area contributed by atoms with Gasteiger partial charge in [-0.2, -0.15) is 0 Å². The van der Waals surface area contributed by atoms with Crippen LogP contribution in [0.2, 0.25) is 0 Å². The molecule has 0 unspecified atom stereocenters. The SMILES string of the molecule is CN1CCN=C1NCCc1ccc(F)c(Br)c1. The Balaban J connectivity index is 1.84. The molecule has 1 aliphatic heterocycles.